The summed E-state index contributed by atoms with van der Waals surface area (Å²) in [5.74, 6) is 0.760. The van der Waals surface area contributed by atoms with Crippen molar-refractivity contribution in [2.75, 3.05) is 26.7 Å². The summed E-state index contributed by atoms with van der Waals surface area (Å²) < 4.78 is 0. The first-order valence-electron chi connectivity index (χ1n) is 8.02. The van der Waals surface area contributed by atoms with E-state index < -0.39 is 0 Å². The van der Waals surface area contributed by atoms with Gasteiger partial charge in [-0.25, -0.2) is 0 Å². The molecule has 0 bridgehead atoms. The van der Waals surface area contributed by atoms with Crippen molar-refractivity contribution < 1.29 is 0 Å². The highest BCUT2D eigenvalue weighted by atomic mass is 15.1. The zero-order chi connectivity index (χ0) is 14.8. The van der Waals surface area contributed by atoms with Crippen molar-refractivity contribution in [1.29, 1.82) is 0 Å². The fourth-order valence-electron chi connectivity index (χ4n) is 2.40. The highest BCUT2D eigenvalue weighted by Crippen LogP contribution is 2.07. The summed E-state index contributed by atoms with van der Waals surface area (Å²) in [6.07, 6.45) is 3.92. The second-order valence-electron chi connectivity index (χ2n) is 6.39. The lowest BCUT2D eigenvalue weighted by Crippen LogP contribution is -2.21. The molecule has 0 amide bonds. The molecule has 1 rings (SSSR count). The van der Waals surface area contributed by atoms with E-state index in [2.05, 4.69) is 62.3 Å². The van der Waals surface area contributed by atoms with Crippen LogP contribution in [0, 0.1) is 12.8 Å². The molecule has 0 saturated carbocycles. The molecule has 0 aromatic heterocycles. The first kappa shape index (κ1) is 17.2. The minimum Gasteiger partial charge on any atom is -0.316 e. The first-order chi connectivity index (χ1) is 9.58. The predicted octanol–water partition coefficient (Wildman–Crippen LogP) is 3.84. The predicted molar refractivity (Wildman–Crippen MR) is 89.1 cm³/mol. The van der Waals surface area contributed by atoms with Gasteiger partial charge in [0, 0.05) is 6.54 Å². The van der Waals surface area contributed by atoms with E-state index in [1.165, 1.54) is 43.5 Å². The van der Waals surface area contributed by atoms with Crippen molar-refractivity contribution in [3.05, 3.63) is 35.4 Å². The van der Waals surface area contributed by atoms with E-state index in [9.17, 15) is 0 Å². The molecule has 0 unspecified atom stereocenters. The number of aryl methyl sites for hydroxylation is 1. The maximum Gasteiger partial charge on any atom is 0.0230 e. The molecule has 0 atom stereocenters. The zero-order valence-electron chi connectivity index (χ0n) is 13.8. The number of unbranched alkanes of at least 4 members (excludes halogenated alkanes) is 2. The summed E-state index contributed by atoms with van der Waals surface area (Å²) in [6, 6.07) is 8.82. The van der Waals surface area contributed by atoms with Crippen LogP contribution >= 0.6 is 0 Å². The van der Waals surface area contributed by atoms with Crippen LogP contribution in [0.1, 0.15) is 44.2 Å². The summed E-state index contributed by atoms with van der Waals surface area (Å²) >= 11 is 0. The number of hydrogen-bond donors (Lipinski definition) is 1. The van der Waals surface area contributed by atoms with E-state index in [1.54, 1.807) is 0 Å². The normalized spacial score (nSPS) is 11.5. The molecule has 0 fully saturated rings. The summed E-state index contributed by atoms with van der Waals surface area (Å²) in [5, 5.41) is 3.51. The highest BCUT2D eigenvalue weighted by Gasteiger charge is 2.00. The molecular formula is C18H32N2. The second kappa shape index (κ2) is 9.95. The Labute approximate surface area is 125 Å². The molecule has 0 radical (unpaired) electrons. The Morgan fingerprint density at radius 3 is 2.65 bits per heavy atom. The van der Waals surface area contributed by atoms with Crippen molar-refractivity contribution in [3.63, 3.8) is 0 Å². The van der Waals surface area contributed by atoms with E-state index in [1.807, 2.05) is 0 Å². The van der Waals surface area contributed by atoms with Gasteiger partial charge < -0.3 is 10.2 Å². The molecule has 1 aromatic rings. The van der Waals surface area contributed by atoms with Crippen LogP contribution in [0.3, 0.4) is 0 Å². The van der Waals surface area contributed by atoms with Gasteiger partial charge in [0.05, 0.1) is 0 Å². The zero-order valence-corrected chi connectivity index (χ0v) is 13.8. The Hall–Kier alpha value is -0.860. The molecule has 0 aliphatic heterocycles. The molecule has 0 aliphatic rings. The Morgan fingerprint density at radius 1 is 1.15 bits per heavy atom. The number of nitrogens with one attached hydrogen (secondary N) is 1. The Morgan fingerprint density at radius 2 is 1.95 bits per heavy atom. The smallest absolute Gasteiger partial charge is 0.0230 e. The molecule has 0 saturated heterocycles. The molecule has 2 nitrogen and oxygen atoms in total. The van der Waals surface area contributed by atoms with Crippen LogP contribution in [0.5, 0.6) is 0 Å². The molecule has 0 spiro atoms. The number of rotatable bonds is 10. The lowest BCUT2D eigenvalue weighted by molar-refractivity contribution is 0.316. The molecule has 2 heteroatoms. The van der Waals surface area contributed by atoms with Gasteiger partial charge in [0.25, 0.3) is 0 Å². The second-order valence-corrected chi connectivity index (χ2v) is 6.39. The van der Waals surface area contributed by atoms with Crippen LogP contribution in [-0.4, -0.2) is 31.6 Å². The summed E-state index contributed by atoms with van der Waals surface area (Å²) in [6.45, 7) is 11.2. The first-order valence-corrected chi connectivity index (χ1v) is 8.02. The van der Waals surface area contributed by atoms with E-state index in [4.69, 9.17) is 0 Å². The number of benzene rings is 1. The molecule has 1 aromatic carbocycles. The maximum absolute atomic E-state index is 3.51. The Balaban J connectivity index is 2.04. The fourth-order valence-corrected chi connectivity index (χ4v) is 2.40. The average Bonchev–Trinajstić information content (AvgIpc) is 2.37. The van der Waals surface area contributed by atoms with Gasteiger partial charge in [0.2, 0.25) is 0 Å². The minimum atomic E-state index is 0.760. The maximum atomic E-state index is 3.51. The largest absolute Gasteiger partial charge is 0.316 e. The fraction of sp³-hybridized carbons (Fsp3) is 0.667. The molecular weight excluding hydrogens is 244 g/mol. The lowest BCUT2D eigenvalue weighted by Gasteiger charge is -2.17. The monoisotopic (exact) mass is 276 g/mol. The van der Waals surface area contributed by atoms with Crippen LogP contribution in [0.2, 0.25) is 0 Å². The van der Waals surface area contributed by atoms with Crippen LogP contribution in [-0.2, 0) is 6.54 Å². The SMILES string of the molecule is Cc1cccc(CN(C)CCCCCNCC(C)C)c1. The van der Waals surface area contributed by atoms with Crippen molar-refractivity contribution in [2.45, 2.75) is 46.6 Å². The minimum absolute atomic E-state index is 0.760. The van der Waals surface area contributed by atoms with Crippen LogP contribution in [0.15, 0.2) is 24.3 Å². The quantitative estimate of drug-likeness (QED) is 0.653. The van der Waals surface area contributed by atoms with Gasteiger partial charge in [-0.15, -0.1) is 0 Å². The van der Waals surface area contributed by atoms with Crippen LogP contribution in [0.4, 0.5) is 0 Å². The van der Waals surface area contributed by atoms with E-state index in [-0.39, 0.29) is 0 Å². The van der Waals surface area contributed by atoms with Crippen LogP contribution in [0.25, 0.3) is 0 Å². The highest BCUT2D eigenvalue weighted by molar-refractivity contribution is 5.21. The van der Waals surface area contributed by atoms with Gasteiger partial charge >= 0.3 is 0 Å². The van der Waals surface area contributed by atoms with Crippen molar-refractivity contribution in [3.8, 4) is 0 Å². The Bertz CT molecular complexity index is 360. The van der Waals surface area contributed by atoms with E-state index in [0.717, 1.165) is 19.0 Å². The van der Waals surface area contributed by atoms with Crippen molar-refractivity contribution in [1.82, 2.24) is 10.2 Å². The summed E-state index contributed by atoms with van der Waals surface area (Å²) in [7, 11) is 2.22. The van der Waals surface area contributed by atoms with Crippen molar-refractivity contribution in [2.24, 2.45) is 5.92 Å². The third-order valence-electron chi connectivity index (χ3n) is 3.48. The standard InChI is InChI=1S/C18H32N2/c1-16(2)14-19-11-6-5-7-12-20(4)15-18-10-8-9-17(3)13-18/h8-10,13,16,19H,5-7,11-12,14-15H2,1-4H3. The third kappa shape index (κ3) is 8.34. The van der Waals surface area contributed by atoms with E-state index in [0.29, 0.717) is 0 Å². The van der Waals surface area contributed by atoms with E-state index >= 15 is 0 Å². The topological polar surface area (TPSA) is 15.3 Å². The molecule has 20 heavy (non-hydrogen) atoms. The number of hydrogen-bond acceptors (Lipinski definition) is 2. The van der Waals surface area contributed by atoms with Gasteiger partial charge in [-0.1, -0.05) is 50.1 Å². The molecule has 0 heterocycles. The molecule has 114 valence electrons. The molecule has 1 N–H and O–H groups in total. The third-order valence-corrected chi connectivity index (χ3v) is 3.48. The van der Waals surface area contributed by atoms with Crippen molar-refractivity contribution >= 4 is 0 Å². The Kier molecular flexibility index (Phi) is 8.56. The van der Waals surface area contributed by atoms with Gasteiger partial charge in [-0.3, -0.25) is 0 Å². The summed E-state index contributed by atoms with van der Waals surface area (Å²) in [4.78, 5) is 2.43. The van der Waals surface area contributed by atoms with Gasteiger partial charge in [-0.05, 0) is 57.9 Å². The van der Waals surface area contributed by atoms with Gasteiger partial charge in [0.15, 0.2) is 0 Å². The summed E-state index contributed by atoms with van der Waals surface area (Å²) in [5.41, 5.74) is 2.78. The average molecular weight is 276 g/mol. The van der Waals surface area contributed by atoms with Gasteiger partial charge in [0.1, 0.15) is 0 Å². The number of nitrogens with zero attached hydrogens (tertiary/aromatic N) is 1. The van der Waals surface area contributed by atoms with Crippen LogP contribution < -0.4 is 5.32 Å². The lowest BCUT2D eigenvalue weighted by atomic mass is 10.1. The van der Waals surface area contributed by atoms with Gasteiger partial charge in [-0.2, -0.15) is 0 Å². The molecule has 0 aliphatic carbocycles.